The Balaban J connectivity index is 1.99. The molecule has 0 radical (unpaired) electrons. The fraction of sp³-hybridized carbons (Fsp3) is 0.545. The van der Waals surface area contributed by atoms with Crippen LogP contribution in [0.1, 0.15) is 24.1 Å². The molecule has 1 aliphatic rings. The van der Waals surface area contributed by atoms with Crippen LogP contribution in [0.4, 0.5) is 5.00 Å². The summed E-state index contributed by atoms with van der Waals surface area (Å²) in [5.74, 6) is -0.788. The summed E-state index contributed by atoms with van der Waals surface area (Å²) in [7, 11) is 0. The summed E-state index contributed by atoms with van der Waals surface area (Å²) >= 11 is 1.16. The van der Waals surface area contributed by atoms with Gasteiger partial charge in [0.25, 0.3) is 0 Å². The van der Waals surface area contributed by atoms with E-state index in [2.05, 4.69) is 4.90 Å². The molecule has 1 atom stereocenters. The number of hydrogen-bond acceptors (Lipinski definition) is 5. The largest absolute Gasteiger partial charge is 0.481 e. The number of nitrogens with zero attached hydrogens (tertiary/aromatic N) is 2. The quantitative estimate of drug-likeness (QED) is 0.654. The van der Waals surface area contributed by atoms with E-state index in [-0.39, 0.29) is 17.5 Å². The summed E-state index contributed by atoms with van der Waals surface area (Å²) in [6, 6.07) is 3.31. The minimum atomic E-state index is -0.788. The van der Waals surface area contributed by atoms with Gasteiger partial charge in [-0.05, 0) is 25.5 Å². The van der Waals surface area contributed by atoms with Crippen LogP contribution in [0, 0.1) is 10.1 Å². The number of rotatable bonds is 5. The van der Waals surface area contributed by atoms with Crippen LogP contribution in [-0.4, -0.2) is 33.5 Å². The van der Waals surface area contributed by atoms with Crippen LogP contribution in [0.15, 0.2) is 12.1 Å². The number of carbonyl (C=O) groups is 1. The SMILES string of the molecule is O=C(O)CC1CCCN1Cc1ccc([N+](=O)[O-])s1. The van der Waals surface area contributed by atoms with Crippen molar-refractivity contribution in [1.29, 1.82) is 0 Å². The van der Waals surface area contributed by atoms with Crippen LogP contribution in [0.25, 0.3) is 0 Å². The predicted octanol–water partition coefficient (Wildman–Crippen LogP) is 2.10. The lowest BCUT2D eigenvalue weighted by Crippen LogP contribution is -2.30. The second kappa shape index (κ2) is 5.45. The van der Waals surface area contributed by atoms with Crippen LogP contribution in [0.2, 0.25) is 0 Å². The Hall–Kier alpha value is -1.47. The molecule has 2 heterocycles. The Labute approximate surface area is 108 Å². The molecule has 1 N–H and O–H groups in total. The molecule has 0 bridgehead atoms. The van der Waals surface area contributed by atoms with E-state index < -0.39 is 10.9 Å². The standard InChI is InChI=1S/C11H14N2O4S/c14-11(15)6-8-2-1-5-12(8)7-9-3-4-10(18-9)13(16)17/h3-4,8H,1-2,5-7H2,(H,14,15). The number of carboxylic acid groups (broad SMARTS) is 1. The van der Waals surface area contributed by atoms with Gasteiger partial charge in [-0.15, -0.1) is 0 Å². The summed E-state index contributed by atoms with van der Waals surface area (Å²) in [6.07, 6.45) is 2.03. The van der Waals surface area contributed by atoms with Gasteiger partial charge in [0.05, 0.1) is 11.3 Å². The molecule has 2 rings (SSSR count). The van der Waals surface area contributed by atoms with Crippen molar-refractivity contribution in [2.75, 3.05) is 6.54 Å². The van der Waals surface area contributed by atoms with Gasteiger partial charge in [0.1, 0.15) is 0 Å². The summed E-state index contributed by atoms with van der Waals surface area (Å²) in [5, 5.41) is 19.5. The molecule has 0 saturated carbocycles. The fourth-order valence-corrected chi connectivity index (χ4v) is 3.13. The first-order valence-electron chi connectivity index (χ1n) is 5.75. The van der Waals surface area contributed by atoms with Gasteiger partial charge in [0, 0.05) is 23.5 Å². The molecule has 6 nitrogen and oxygen atoms in total. The minimum Gasteiger partial charge on any atom is -0.481 e. The van der Waals surface area contributed by atoms with Crippen molar-refractivity contribution in [3.63, 3.8) is 0 Å². The molecular formula is C11H14N2O4S. The zero-order valence-corrected chi connectivity index (χ0v) is 10.6. The van der Waals surface area contributed by atoms with Crippen LogP contribution < -0.4 is 0 Å². The molecule has 0 amide bonds. The van der Waals surface area contributed by atoms with Crippen molar-refractivity contribution < 1.29 is 14.8 Å². The third-order valence-electron chi connectivity index (χ3n) is 3.10. The second-order valence-electron chi connectivity index (χ2n) is 4.36. The van der Waals surface area contributed by atoms with Gasteiger partial charge in [-0.3, -0.25) is 19.8 Å². The third kappa shape index (κ3) is 3.05. The van der Waals surface area contributed by atoms with Crippen molar-refractivity contribution in [2.45, 2.75) is 31.8 Å². The molecule has 0 aliphatic carbocycles. The number of thiophene rings is 1. The lowest BCUT2D eigenvalue weighted by molar-refractivity contribution is -0.380. The van der Waals surface area contributed by atoms with Gasteiger partial charge in [0.15, 0.2) is 0 Å². The second-order valence-corrected chi connectivity index (χ2v) is 5.51. The van der Waals surface area contributed by atoms with Crippen LogP contribution in [0.3, 0.4) is 0 Å². The first-order chi connectivity index (χ1) is 8.56. The highest BCUT2D eigenvalue weighted by Gasteiger charge is 2.27. The molecule has 1 unspecified atom stereocenters. The molecule has 18 heavy (non-hydrogen) atoms. The van der Waals surface area contributed by atoms with Crippen molar-refractivity contribution in [1.82, 2.24) is 4.90 Å². The van der Waals surface area contributed by atoms with E-state index in [4.69, 9.17) is 5.11 Å². The molecule has 0 aromatic carbocycles. The van der Waals surface area contributed by atoms with Crippen molar-refractivity contribution in [2.24, 2.45) is 0 Å². The van der Waals surface area contributed by atoms with Crippen molar-refractivity contribution >= 4 is 22.3 Å². The molecule has 1 saturated heterocycles. The normalized spacial score (nSPS) is 20.1. The average Bonchev–Trinajstić information content (AvgIpc) is 2.89. The van der Waals surface area contributed by atoms with E-state index in [1.165, 1.54) is 6.07 Å². The first kappa shape index (κ1) is 13.0. The number of likely N-dealkylation sites (tertiary alicyclic amines) is 1. The highest BCUT2D eigenvalue weighted by atomic mass is 32.1. The van der Waals surface area contributed by atoms with E-state index in [1.54, 1.807) is 6.07 Å². The van der Waals surface area contributed by atoms with Gasteiger partial charge >= 0.3 is 11.0 Å². The molecule has 7 heteroatoms. The van der Waals surface area contributed by atoms with Gasteiger partial charge < -0.3 is 5.11 Å². The van der Waals surface area contributed by atoms with Crippen LogP contribution in [-0.2, 0) is 11.3 Å². The highest BCUT2D eigenvalue weighted by Crippen LogP contribution is 2.28. The van der Waals surface area contributed by atoms with Gasteiger partial charge in [-0.1, -0.05) is 11.3 Å². The monoisotopic (exact) mass is 270 g/mol. The van der Waals surface area contributed by atoms with E-state index in [9.17, 15) is 14.9 Å². The van der Waals surface area contributed by atoms with Gasteiger partial charge in [0.2, 0.25) is 0 Å². The lowest BCUT2D eigenvalue weighted by atomic mass is 10.1. The molecule has 98 valence electrons. The number of hydrogen-bond donors (Lipinski definition) is 1. The number of aliphatic carboxylic acids is 1. The fourth-order valence-electron chi connectivity index (χ4n) is 2.29. The first-order valence-corrected chi connectivity index (χ1v) is 6.57. The van der Waals surface area contributed by atoms with E-state index >= 15 is 0 Å². The molecule has 1 aromatic heterocycles. The van der Waals surface area contributed by atoms with Crippen LogP contribution in [0.5, 0.6) is 0 Å². The van der Waals surface area contributed by atoms with Crippen LogP contribution >= 0.6 is 11.3 Å². The Morgan fingerprint density at radius 2 is 2.39 bits per heavy atom. The Bertz CT molecular complexity index is 460. The van der Waals surface area contributed by atoms with E-state index in [1.807, 2.05) is 0 Å². The summed E-state index contributed by atoms with van der Waals surface area (Å²) in [4.78, 5) is 23.9. The molecule has 1 fully saturated rings. The maximum Gasteiger partial charge on any atom is 0.324 e. The Morgan fingerprint density at radius 1 is 1.61 bits per heavy atom. The Morgan fingerprint density at radius 3 is 3.00 bits per heavy atom. The molecule has 1 aromatic rings. The highest BCUT2D eigenvalue weighted by molar-refractivity contribution is 7.15. The summed E-state index contributed by atoms with van der Waals surface area (Å²) in [6.45, 7) is 1.47. The topological polar surface area (TPSA) is 83.7 Å². The van der Waals surface area contributed by atoms with E-state index in [0.717, 1.165) is 35.6 Å². The zero-order chi connectivity index (χ0) is 13.1. The van der Waals surface area contributed by atoms with Gasteiger partial charge in [-0.25, -0.2) is 0 Å². The predicted molar refractivity (Wildman–Crippen MR) is 66.7 cm³/mol. The number of carboxylic acids is 1. The maximum absolute atomic E-state index is 10.7. The van der Waals surface area contributed by atoms with Gasteiger partial charge in [-0.2, -0.15) is 0 Å². The summed E-state index contributed by atoms with van der Waals surface area (Å²) < 4.78 is 0. The van der Waals surface area contributed by atoms with Crippen molar-refractivity contribution in [3.8, 4) is 0 Å². The average molecular weight is 270 g/mol. The molecule has 0 spiro atoms. The lowest BCUT2D eigenvalue weighted by Gasteiger charge is -2.22. The molecule has 1 aliphatic heterocycles. The zero-order valence-electron chi connectivity index (χ0n) is 9.74. The maximum atomic E-state index is 10.7. The molecular weight excluding hydrogens is 256 g/mol. The van der Waals surface area contributed by atoms with E-state index in [0.29, 0.717) is 6.54 Å². The third-order valence-corrected chi connectivity index (χ3v) is 4.12. The summed E-state index contributed by atoms with van der Waals surface area (Å²) in [5.41, 5.74) is 0. The Kier molecular flexibility index (Phi) is 3.93. The smallest absolute Gasteiger partial charge is 0.324 e. The minimum absolute atomic E-state index is 0.0589. The number of nitro groups is 1. The van der Waals surface area contributed by atoms with Crippen molar-refractivity contribution in [3.05, 3.63) is 27.1 Å².